The number of nitrogens with two attached hydrogens (primary N) is 1. The molecule has 1 atom stereocenters. The number of rotatable bonds is 8. The van der Waals surface area contributed by atoms with Crippen molar-refractivity contribution in [2.45, 2.75) is 52.1 Å². The second-order valence-electron chi connectivity index (χ2n) is 5.21. The lowest BCUT2D eigenvalue weighted by atomic mass is 10.1. The SMILES string of the molecule is CCCCC(CN)n1cncc1-c1cnn(CCC)c1. The Hall–Kier alpha value is -1.62. The monoisotopic (exact) mass is 275 g/mol. The molecule has 2 rings (SSSR count). The van der Waals surface area contributed by atoms with Gasteiger partial charge in [0.1, 0.15) is 0 Å². The fourth-order valence-electron chi connectivity index (χ4n) is 2.48. The van der Waals surface area contributed by atoms with Crippen LogP contribution in [0.4, 0.5) is 0 Å². The molecule has 1 unspecified atom stereocenters. The molecule has 2 aromatic heterocycles. The van der Waals surface area contributed by atoms with Gasteiger partial charge in [0.25, 0.3) is 0 Å². The molecule has 0 fully saturated rings. The number of hydrogen-bond acceptors (Lipinski definition) is 3. The molecule has 5 nitrogen and oxygen atoms in total. The van der Waals surface area contributed by atoms with E-state index in [0.717, 1.165) is 30.6 Å². The molecule has 0 amide bonds. The van der Waals surface area contributed by atoms with E-state index in [1.165, 1.54) is 12.8 Å². The number of aromatic nitrogens is 4. The van der Waals surface area contributed by atoms with Crippen LogP contribution in [0.2, 0.25) is 0 Å². The molecule has 0 saturated heterocycles. The number of imidazole rings is 1. The first-order valence-electron chi connectivity index (χ1n) is 7.54. The van der Waals surface area contributed by atoms with E-state index in [9.17, 15) is 0 Å². The van der Waals surface area contributed by atoms with Gasteiger partial charge in [-0.1, -0.05) is 26.7 Å². The first-order chi connectivity index (χ1) is 9.80. The maximum Gasteiger partial charge on any atom is 0.0954 e. The Morgan fingerprint density at radius 2 is 2.10 bits per heavy atom. The summed E-state index contributed by atoms with van der Waals surface area (Å²) in [7, 11) is 0. The summed E-state index contributed by atoms with van der Waals surface area (Å²) in [6.07, 6.45) is 12.4. The standard InChI is InChI=1S/C15H25N5/c1-3-5-6-14(8-16)20-12-17-10-15(20)13-9-18-19(11-13)7-4-2/h9-12,14H,3-8,16H2,1-2H3. The summed E-state index contributed by atoms with van der Waals surface area (Å²) in [5.41, 5.74) is 8.16. The fourth-order valence-corrected chi connectivity index (χ4v) is 2.48. The van der Waals surface area contributed by atoms with Gasteiger partial charge >= 0.3 is 0 Å². The minimum absolute atomic E-state index is 0.321. The van der Waals surface area contributed by atoms with Crippen molar-refractivity contribution in [2.24, 2.45) is 5.73 Å². The second kappa shape index (κ2) is 7.24. The molecular formula is C15H25N5. The predicted octanol–water partition coefficient (Wildman–Crippen LogP) is 2.85. The maximum absolute atomic E-state index is 5.94. The number of unbranched alkanes of at least 4 members (excludes halogenated alkanes) is 1. The Bertz CT molecular complexity index is 514. The fraction of sp³-hybridized carbons (Fsp3) is 0.600. The molecule has 0 bridgehead atoms. The zero-order chi connectivity index (χ0) is 14.4. The summed E-state index contributed by atoms with van der Waals surface area (Å²) in [6.45, 7) is 5.95. The molecule has 0 aromatic carbocycles. The first-order valence-corrected chi connectivity index (χ1v) is 7.54. The summed E-state index contributed by atoms with van der Waals surface area (Å²) in [6, 6.07) is 0.321. The number of hydrogen-bond donors (Lipinski definition) is 1. The molecule has 20 heavy (non-hydrogen) atoms. The third kappa shape index (κ3) is 3.28. The van der Waals surface area contributed by atoms with Gasteiger partial charge < -0.3 is 10.3 Å². The van der Waals surface area contributed by atoms with E-state index < -0.39 is 0 Å². The summed E-state index contributed by atoms with van der Waals surface area (Å²) < 4.78 is 4.18. The molecule has 2 N–H and O–H groups in total. The highest BCUT2D eigenvalue weighted by atomic mass is 15.3. The van der Waals surface area contributed by atoms with Crippen molar-refractivity contribution in [1.29, 1.82) is 0 Å². The molecule has 0 spiro atoms. The first kappa shape index (κ1) is 14.8. The number of aryl methyl sites for hydroxylation is 1. The molecule has 0 aliphatic rings. The van der Waals surface area contributed by atoms with E-state index in [-0.39, 0.29) is 0 Å². The molecule has 0 radical (unpaired) electrons. The Morgan fingerprint density at radius 3 is 2.80 bits per heavy atom. The summed E-state index contributed by atoms with van der Waals surface area (Å²) >= 11 is 0. The van der Waals surface area contributed by atoms with Crippen LogP contribution in [-0.2, 0) is 6.54 Å². The zero-order valence-corrected chi connectivity index (χ0v) is 12.5. The highest BCUT2D eigenvalue weighted by molar-refractivity contribution is 5.56. The van der Waals surface area contributed by atoms with Crippen LogP contribution in [0.5, 0.6) is 0 Å². The van der Waals surface area contributed by atoms with Crippen molar-refractivity contribution < 1.29 is 0 Å². The Morgan fingerprint density at radius 1 is 1.25 bits per heavy atom. The van der Waals surface area contributed by atoms with E-state index in [1.54, 1.807) is 0 Å². The minimum Gasteiger partial charge on any atom is -0.328 e. The molecule has 2 heterocycles. The maximum atomic E-state index is 5.94. The van der Waals surface area contributed by atoms with Crippen molar-refractivity contribution in [3.05, 3.63) is 24.9 Å². The van der Waals surface area contributed by atoms with Gasteiger partial charge in [0.05, 0.1) is 24.4 Å². The number of nitrogens with zero attached hydrogens (tertiary/aromatic N) is 4. The minimum atomic E-state index is 0.321. The van der Waals surface area contributed by atoms with Crippen molar-refractivity contribution >= 4 is 0 Å². The van der Waals surface area contributed by atoms with Gasteiger partial charge in [0.2, 0.25) is 0 Å². The molecule has 5 heteroatoms. The van der Waals surface area contributed by atoms with Crippen LogP contribution in [0.25, 0.3) is 11.3 Å². The van der Waals surface area contributed by atoms with Gasteiger partial charge in [0.15, 0.2) is 0 Å². The van der Waals surface area contributed by atoms with Gasteiger partial charge in [-0.05, 0) is 12.8 Å². The van der Waals surface area contributed by atoms with Gasteiger partial charge in [-0.25, -0.2) is 4.98 Å². The van der Waals surface area contributed by atoms with E-state index in [4.69, 9.17) is 5.73 Å². The highest BCUT2D eigenvalue weighted by Gasteiger charge is 2.14. The van der Waals surface area contributed by atoms with Crippen LogP contribution in [0, 0.1) is 0 Å². The summed E-state index contributed by atoms with van der Waals surface area (Å²) in [5.74, 6) is 0. The predicted molar refractivity (Wildman–Crippen MR) is 81.4 cm³/mol. The third-order valence-corrected chi connectivity index (χ3v) is 3.60. The lowest BCUT2D eigenvalue weighted by Crippen LogP contribution is -2.19. The van der Waals surface area contributed by atoms with Crippen LogP contribution >= 0.6 is 0 Å². The average molecular weight is 275 g/mol. The molecule has 0 aliphatic heterocycles. The average Bonchev–Trinajstić information content (AvgIpc) is 3.09. The van der Waals surface area contributed by atoms with Gasteiger partial charge in [-0.15, -0.1) is 0 Å². The third-order valence-electron chi connectivity index (χ3n) is 3.60. The molecule has 0 saturated carbocycles. The van der Waals surface area contributed by atoms with Crippen molar-refractivity contribution in [2.75, 3.05) is 6.54 Å². The van der Waals surface area contributed by atoms with Gasteiger partial charge in [-0.2, -0.15) is 5.10 Å². The quantitative estimate of drug-likeness (QED) is 0.805. The van der Waals surface area contributed by atoms with Crippen molar-refractivity contribution in [3.63, 3.8) is 0 Å². The Balaban J connectivity index is 2.21. The van der Waals surface area contributed by atoms with Crippen LogP contribution in [0.3, 0.4) is 0 Å². The lowest BCUT2D eigenvalue weighted by molar-refractivity contribution is 0.461. The van der Waals surface area contributed by atoms with Gasteiger partial charge in [0, 0.05) is 30.9 Å². The lowest BCUT2D eigenvalue weighted by Gasteiger charge is -2.18. The van der Waals surface area contributed by atoms with E-state index in [1.807, 2.05) is 23.4 Å². The molecule has 0 aliphatic carbocycles. The Kier molecular flexibility index (Phi) is 5.35. The summed E-state index contributed by atoms with van der Waals surface area (Å²) in [5, 5.41) is 4.39. The molecule has 2 aromatic rings. The van der Waals surface area contributed by atoms with Crippen LogP contribution < -0.4 is 5.73 Å². The van der Waals surface area contributed by atoms with Crippen molar-refractivity contribution in [1.82, 2.24) is 19.3 Å². The van der Waals surface area contributed by atoms with Crippen LogP contribution in [-0.4, -0.2) is 25.9 Å². The Labute approximate surface area is 120 Å². The second-order valence-corrected chi connectivity index (χ2v) is 5.21. The molecular weight excluding hydrogens is 250 g/mol. The highest BCUT2D eigenvalue weighted by Crippen LogP contribution is 2.24. The van der Waals surface area contributed by atoms with Crippen LogP contribution in [0.1, 0.15) is 45.6 Å². The van der Waals surface area contributed by atoms with Gasteiger partial charge in [-0.3, -0.25) is 4.68 Å². The normalized spacial score (nSPS) is 12.8. The van der Waals surface area contributed by atoms with E-state index in [0.29, 0.717) is 12.6 Å². The van der Waals surface area contributed by atoms with Crippen molar-refractivity contribution in [3.8, 4) is 11.3 Å². The largest absolute Gasteiger partial charge is 0.328 e. The van der Waals surface area contributed by atoms with Crippen LogP contribution in [0.15, 0.2) is 24.9 Å². The topological polar surface area (TPSA) is 61.7 Å². The van der Waals surface area contributed by atoms with E-state index >= 15 is 0 Å². The summed E-state index contributed by atoms with van der Waals surface area (Å²) in [4.78, 5) is 4.30. The zero-order valence-electron chi connectivity index (χ0n) is 12.5. The smallest absolute Gasteiger partial charge is 0.0954 e. The molecule has 110 valence electrons. The van der Waals surface area contributed by atoms with E-state index in [2.05, 4.69) is 34.7 Å².